The highest BCUT2D eigenvalue weighted by Gasteiger charge is 1.90. The first-order valence-corrected chi connectivity index (χ1v) is 10.7. The predicted molar refractivity (Wildman–Crippen MR) is 77.8 cm³/mol. The van der Waals surface area contributed by atoms with Gasteiger partial charge in [-0.1, -0.05) is 78.1 Å². The molecule has 0 aromatic rings. The Morgan fingerprint density at radius 2 is 0.800 bits per heavy atom. The minimum Gasteiger partial charge on any atom is -0.155 e. The standard InChI is InChI=1S/C12H26.Cl2H2Si/c1-3-5-7-9-11-12-10-8-6-4-2;1-3-2/h3-12H2,1-2H3;3H2. The van der Waals surface area contributed by atoms with E-state index in [2.05, 4.69) is 13.8 Å². The molecule has 0 aliphatic carbocycles. The number of halogens is 2. The minimum atomic E-state index is -0.639. The van der Waals surface area contributed by atoms with E-state index < -0.39 is 8.14 Å². The molecule has 0 nitrogen and oxygen atoms in total. The molecule has 3 heteroatoms. The van der Waals surface area contributed by atoms with Gasteiger partial charge in [0.1, 0.15) is 0 Å². The van der Waals surface area contributed by atoms with Crippen molar-refractivity contribution in [2.75, 3.05) is 0 Å². The van der Waals surface area contributed by atoms with Gasteiger partial charge in [0.15, 0.2) is 0 Å². The maximum atomic E-state index is 4.90. The number of hydrogen-bond acceptors (Lipinski definition) is 0. The summed E-state index contributed by atoms with van der Waals surface area (Å²) in [5, 5.41) is 0. The van der Waals surface area contributed by atoms with Gasteiger partial charge in [-0.05, 0) is 0 Å². The molecule has 0 unspecified atom stereocenters. The lowest BCUT2D eigenvalue weighted by atomic mass is 10.1. The minimum absolute atomic E-state index is 0.639. The summed E-state index contributed by atoms with van der Waals surface area (Å²) < 4.78 is 0. The lowest BCUT2D eigenvalue weighted by molar-refractivity contribution is 0.562. The molecular formula is C12H28Cl2Si. The van der Waals surface area contributed by atoms with E-state index in [0.29, 0.717) is 0 Å². The summed E-state index contributed by atoms with van der Waals surface area (Å²) >= 11 is 9.81. The molecule has 0 aliphatic rings. The van der Waals surface area contributed by atoms with Crippen molar-refractivity contribution in [1.82, 2.24) is 0 Å². The zero-order chi connectivity index (χ0) is 11.8. The molecule has 0 heterocycles. The molecule has 15 heavy (non-hydrogen) atoms. The van der Waals surface area contributed by atoms with E-state index in [1.807, 2.05) is 0 Å². The van der Waals surface area contributed by atoms with Crippen molar-refractivity contribution in [2.45, 2.75) is 78.1 Å². The van der Waals surface area contributed by atoms with E-state index >= 15 is 0 Å². The van der Waals surface area contributed by atoms with Crippen LogP contribution < -0.4 is 0 Å². The first-order valence-electron chi connectivity index (χ1n) is 6.45. The number of rotatable bonds is 9. The van der Waals surface area contributed by atoms with E-state index in [4.69, 9.17) is 22.2 Å². The Bertz CT molecular complexity index is 79.7. The van der Waals surface area contributed by atoms with Crippen LogP contribution in [-0.2, 0) is 0 Å². The third-order valence-corrected chi connectivity index (χ3v) is 2.46. The van der Waals surface area contributed by atoms with E-state index in [0.717, 1.165) is 0 Å². The first kappa shape index (κ1) is 18.2. The fraction of sp³-hybridized carbons (Fsp3) is 1.00. The summed E-state index contributed by atoms with van der Waals surface area (Å²) in [7, 11) is -0.639. The second-order valence-corrected chi connectivity index (χ2v) is 6.56. The highest BCUT2D eigenvalue weighted by Crippen LogP contribution is 2.09. The lowest BCUT2D eigenvalue weighted by Crippen LogP contribution is -1.80. The molecule has 0 saturated heterocycles. The second kappa shape index (κ2) is 20.2. The van der Waals surface area contributed by atoms with Crippen molar-refractivity contribution in [2.24, 2.45) is 0 Å². The molecule has 0 bridgehead atoms. The topological polar surface area (TPSA) is 0 Å². The van der Waals surface area contributed by atoms with Gasteiger partial charge in [-0.3, -0.25) is 0 Å². The molecule has 0 saturated carbocycles. The van der Waals surface area contributed by atoms with Crippen LogP contribution in [0.3, 0.4) is 0 Å². The average Bonchev–Trinajstić information content (AvgIpc) is 2.23. The van der Waals surface area contributed by atoms with E-state index in [1.54, 1.807) is 0 Å². The van der Waals surface area contributed by atoms with Crippen molar-refractivity contribution in [3.63, 3.8) is 0 Å². The summed E-state index contributed by atoms with van der Waals surface area (Å²) in [6.45, 7) is 4.56. The number of hydrogen-bond donors (Lipinski definition) is 0. The average molecular weight is 271 g/mol. The molecule has 94 valence electrons. The maximum Gasteiger partial charge on any atom is 0.222 e. The van der Waals surface area contributed by atoms with Crippen LogP contribution in [0, 0.1) is 0 Å². The molecule has 0 atom stereocenters. The predicted octanol–water partition coefficient (Wildman–Crippen LogP) is 5.39. The summed E-state index contributed by atoms with van der Waals surface area (Å²) in [5.41, 5.74) is 0. The third-order valence-electron chi connectivity index (χ3n) is 2.46. The zero-order valence-corrected chi connectivity index (χ0v) is 13.5. The highest BCUT2D eigenvalue weighted by molar-refractivity contribution is 7.22. The van der Waals surface area contributed by atoms with Crippen molar-refractivity contribution in [1.29, 1.82) is 0 Å². The molecule has 0 aliphatic heterocycles. The third kappa shape index (κ3) is 25.2. The van der Waals surface area contributed by atoms with Crippen molar-refractivity contribution in [3.8, 4) is 0 Å². The van der Waals surface area contributed by atoms with Gasteiger partial charge in [-0.15, -0.1) is 0 Å². The summed E-state index contributed by atoms with van der Waals surface area (Å²) in [5.74, 6) is 0. The van der Waals surface area contributed by atoms with Crippen LogP contribution in [0.1, 0.15) is 78.1 Å². The normalized spacial score (nSPS) is 9.60. The Balaban J connectivity index is 0. The van der Waals surface area contributed by atoms with Crippen molar-refractivity contribution in [3.05, 3.63) is 0 Å². The fourth-order valence-corrected chi connectivity index (χ4v) is 1.56. The summed E-state index contributed by atoms with van der Waals surface area (Å²) in [6, 6.07) is 0. The van der Waals surface area contributed by atoms with Gasteiger partial charge in [0.05, 0.1) is 0 Å². The SMILES string of the molecule is CCCCCCCCCCCC.Cl[SiH2]Cl. The second-order valence-electron chi connectivity index (χ2n) is 3.93. The monoisotopic (exact) mass is 270 g/mol. The fourth-order valence-electron chi connectivity index (χ4n) is 1.56. The Labute approximate surface area is 108 Å². The van der Waals surface area contributed by atoms with Crippen LogP contribution in [0.2, 0.25) is 0 Å². The molecular weight excluding hydrogens is 243 g/mol. The molecule has 0 spiro atoms. The summed E-state index contributed by atoms with van der Waals surface area (Å²) in [4.78, 5) is 0. The quantitative estimate of drug-likeness (QED) is 0.299. The van der Waals surface area contributed by atoms with Crippen LogP contribution in [0.5, 0.6) is 0 Å². The van der Waals surface area contributed by atoms with Gasteiger partial charge in [-0.2, -0.15) is 22.2 Å². The molecule has 0 amide bonds. The van der Waals surface area contributed by atoms with E-state index in [9.17, 15) is 0 Å². The number of unbranched alkanes of at least 4 members (excludes halogenated alkanes) is 9. The summed E-state index contributed by atoms with van der Waals surface area (Å²) in [6.07, 6.45) is 14.4. The van der Waals surface area contributed by atoms with Gasteiger partial charge >= 0.3 is 0 Å². The molecule has 0 aromatic carbocycles. The maximum absolute atomic E-state index is 4.90. The molecule has 0 fully saturated rings. The molecule has 0 radical (unpaired) electrons. The molecule has 0 aromatic heterocycles. The Morgan fingerprint density at radius 3 is 1.00 bits per heavy atom. The van der Waals surface area contributed by atoms with Gasteiger partial charge in [-0.25, -0.2) is 0 Å². The van der Waals surface area contributed by atoms with Crippen molar-refractivity contribution >= 4 is 30.3 Å². The van der Waals surface area contributed by atoms with Crippen LogP contribution in [0.4, 0.5) is 0 Å². The Hall–Kier alpha value is 0.797. The van der Waals surface area contributed by atoms with Crippen LogP contribution in [0.15, 0.2) is 0 Å². The molecule has 0 N–H and O–H groups in total. The van der Waals surface area contributed by atoms with Crippen molar-refractivity contribution < 1.29 is 0 Å². The molecule has 0 rings (SSSR count). The lowest BCUT2D eigenvalue weighted by Gasteiger charge is -1.99. The largest absolute Gasteiger partial charge is 0.222 e. The van der Waals surface area contributed by atoms with Crippen LogP contribution in [-0.4, -0.2) is 8.14 Å². The highest BCUT2D eigenvalue weighted by atomic mass is 35.7. The Kier molecular flexibility index (Phi) is 24.5. The van der Waals surface area contributed by atoms with Gasteiger partial charge in [0, 0.05) is 0 Å². The van der Waals surface area contributed by atoms with Crippen LogP contribution in [0.25, 0.3) is 0 Å². The van der Waals surface area contributed by atoms with E-state index in [-0.39, 0.29) is 0 Å². The zero-order valence-electron chi connectivity index (χ0n) is 10.5. The van der Waals surface area contributed by atoms with Gasteiger partial charge in [0.2, 0.25) is 8.14 Å². The van der Waals surface area contributed by atoms with Gasteiger partial charge in [0.25, 0.3) is 0 Å². The van der Waals surface area contributed by atoms with Crippen LogP contribution >= 0.6 is 22.2 Å². The first-order chi connectivity index (χ1) is 7.33. The van der Waals surface area contributed by atoms with E-state index in [1.165, 1.54) is 64.2 Å². The smallest absolute Gasteiger partial charge is 0.155 e. The Morgan fingerprint density at radius 1 is 0.600 bits per heavy atom. The van der Waals surface area contributed by atoms with Gasteiger partial charge < -0.3 is 0 Å².